The van der Waals surface area contributed by atoms with Gasteiger partial charge in [0.2, 0.25) is 0 Å². The SMILES string of the molecule is [N-]=[N+]=NCCC#Cc1ncc(C(F)(F)F)cc1Cl. The topological polar surface area (TPSA) is 61.7 Å². The molecule has 0 aliphatic rings. The van der Waals surface area contributed by atoms with Crippen molar-refractivity contribution in [2.24, 2.45) is 5.11 Å². The summed E-state index contributed by atoms with van der Waals surface area (Å²) >= 11 is 5.63. The van der Waals surface area contributed by atoms with Gasteiger partial charge in [0.15, 0.2) is 0 Å². The van der Waals surface area contributed by atoms with E-state index >= 15 is 0 Å². The van der Waals surface area contributed by atoms with Crippen molar-refractivity contribution in [1.82, 2.24) is 4.98 Å². The van der Waals surface area contributed by atoms with Gasteiger partial charge in [0.05, 0.1) is 10.6 Å². The average molecular weight is 275 g/mol. The van der Waals surface area contributed by atoms with Crippen LogP contribution in [0, 0.1) is 11.8 Å². The molecule has 0 aliphatic carbocycles. The van der Waals surface area contributed by atoms with E-state index in [1.165, 1.54) is 0 Å². The molecule has 1 rings (SSSR count). The van der Waals surface area contributed by atoms with Gasteiger partial charge in [-0.3, -0.25) is 0 Å². The maximum Gasteiger partial charge on any atom is 0.417 e. The molecule has 0 spiro atoms. The van der Waals surface area contributed by atoms with Gasteiger partial charge in [0, 0.05) is 24.1 Å². The zero-order chi connectivity index (χ0) is 13.6. The van der Waals surface area contributed by atoms with E-state index < -0.39 is 11.7 Å². The van der Waals surface area contributed by atoms with Crippen LogP contribution in [0.2, 0.25) is 5.02 Å². The Morgan fingerprint density at radius 2 is 2.22 bits per heavy atom. The van der Waals surface area contributed by atoms with Crippen molar-refractivity contribution < 1.29 is 13.2 Å². The molecule has 1 heterocycles. The lowest BCUT2D eigenvalue weighted by molar-refractivity contribution is -0.137. The summed E-state index contributed by atoms with van der Waals surface area (Å²) in [5.74, 6) is 5.10. The molecule has 0 saturated carbocycles. The monoisotopic (exact) mass is 274 g/mol. The predicted molar refractivity (Wildman–Crippen MR) is 59.8 cm³/mol. The molecule has 0 saturated heterocycles. The van der Waals surface area contributed by atoms with Crippen LogP contribution in [0.4, 0.5) is 13.2 Å². The van der Waals surface area contributed by atoms with Gasteiger partial charge in [-0.25, -0.2) is 4.98 Å². The predicted octanol–water partition coefficient (Wildman–Crippen LogP) is 3.81. The molecule has 94 valence electrons. The van der Waals surface area contributed by atoms with E-state index in [0.29, 0.717) is 6.20 Å². The molecule has 0 atom stereocenters. The minimum absolute atomic E-state index is 0.0607. The molecule has 0 amide bonds. The second-order valence-corrected chi connectivity index (χ2v) is 3.47. The van der Waals surface area contributed by atoms with E-state index in [2.05, 4.69) is 26.9 Å². The van der Waals surface area contributed by atoms with Gasteiger partial charge in [-0.2, -0.15) is 13.2 Å². The van der Waals surface area contributed by atoms with Gasteiger partial charge in [-0.15, -0.1) is 0 Å². The van der Waals surface area contributed by atoms with Crippen molar-refractivity contribution in [3.05, 3.63) is 39.0 Å². The third kappa shape index (κ3) is 4.17. The van der Waals surface area contributed by atoms with Gasteiger partial charge in [-0.1, -0.05) is 22.6 Å². The summed E-state index contributed by atoms with van der Waals surface area (Å²) in [7, 11) is 0. The number of hydrogen-bond donors (Lipinski definition) is 0. The minimum Gasteiger partial charge on any atom is -0.246 e. The molecule has 8 heteroatoms. The van der Waals surface area contributed by atoms with E-state index in [1.54, 1.807) is 0 Å². The number of azide groups is 1. The second kappa shape index (κ2) is 6.15. The lowest BCUT2D eigenvalue weighted by Crippen LogP contribution is -2.05. The minimum atomic E-state index is -4.48. The van der Waals surface area contributed by atoms with Gasteiger partial charge in [-0.05, 0) is 17.5 Å². The van der Waals surface area contributed by atoms with Crippen molar-refractivity contribution >= 4 is 11.6 Å². The normalized spacial score (nSPS) is 10.2. The zero-order valence-electron chi connectivity index (χ0n) is 8.87. The summed E-state index contributed by atoms with van der Waals surface area (Å²) < 4.78 is 36.9. The summed E-state index contributed by atoms with van der Waals surface area (Å²) in [6.07, 6.45) is -3.53. The number of aromatic nitrogens is 1. The number of halogens is 4. The lowest BCUT2D eigenvalue weighted by atomic mass is 10.2. The molecule has 1 aromatic rings. The Hall–Kier alpha value is -1.90. The van der Waals surface area contributed by atoms with Crippen LogP contribution in [0.15, 0.2) is 17.4 Å². The number of pyridine rings is 1. The van der Waals surface area contributed by atoms with Crippen LogP contribution in [0.1, 0.15) is 17.7 Å². The van der Waals surface area contributed by atoms with E-state index in [-0.39, 0.29) is 23.7 Å². The molecule has 0 aromatic carbocycles. The highest BCUT2D eigenvalue weighted by atomic mass is 35.5. The lowest BCUT2D eigenvalue weighted by Gasteiger charge is -2.06. The van der Waals surface area contributed by atoms with Gasteiger partial charge in [0.25, 0.3) is 0 Å². The van der Waals surface area contributed by atoms with Crippen LogP contribution in [0.3, 0.4) is 0 Å². The smallest absolute Gasteiger partial charge is 0.246 e. The van der Waals surface area contributed by atoms with Crippen LogP contribution >= 0.6 is 11.6 Å². The number of hydrogen-bond acceptors (Lipinski definition) is 2. The highest BCUT2D eigenvalue weighted by Gasteiger charge is 2.31. The Kier molecular flexibility index (Phi) is 4.84. The Balaban J connectivity index is 2.83. The van der Waals surface area contributed by atoms with Crippen LogP contribution in [-0.4, -0.2) is 11.5 Å². The Labute approximate surface area is 105 Å². The van der Waals surface area contributed by atoms with Crippen LogP contribution in [0.25, 0.3) is 10.4 Å². The van der Waals surface area contributed by atoms with Gasteiger partial charge >= 0.3 is 6.18 Å². The number of rotatable bonds is 2. The zero-order valence-corrected chi connectivity index (χ0v) is 9.63. The van der Waals surface area contributed by atoms with Crippen molar-refractivity contribution in [2.45, 2.75) is 12.6 Å². The van der Waals surface area contributed by atoms with E-state index in [9.17, 15) is 13.2 Å². The number of nitrogens with zero attached hydrogens (tertiary/aromatic N) is 4. The third-order valence-electron chi connectivity index (χ3n) is 1.78. The largest absolute Gasteiger partial charge is 0.417 e. The molecule has 0 aliphatic heterocycles. The van der Waals surface area contributed by atoms with Crippen molar-refractivity contribution in [3.63, 3.8) is 0 Å². The average Bonchev–Trinajstić information content (AvgIpc) is 2.29. The maximum atomic E-state index is 12.3. The molecule has 0 N–H and O–H groups in total. The maximum absolute atomic E-state index is 12.3. The van der Waals surface area contributed by atoms with Crippen LogP contribution < -0.4 is 0 Å². The van der Waals surface area contributed by atoms with E-state index in [1.807, 2.05) is 0 Å². The Morgan fingerprint density at radius 1 is 1.50 bits per heavy atom. The first-order chi connectivity index (χ1) is 8.45. The summed E-state index contributed by atoms with van der Waals surface area (Å²) in [6, 6.07) is 0.770. The molecular formula is C10H6ClF3N4. The molecular weight excluding hydrogens is 269 g/mol. The van der Waals surface area contributed by atoms with Crippen molar-refractivity contribution in [3.8, 4) is 11.8 Å². The van der Waals surface area contributed by atoms with Crippen molar-refractivity contribution in [2.75, 3.05) is 6.54 Å². The summed E-state index contributed by atoms with van der Waals surface area (Å²) in [6.45, 7) is 0.182. The second-order valence-electron chi connectivity index (χ2n) is 3.06. The Morgan fingerprint density at radius 3 is 2.78 bits per heavy atom. The van der Waals surface area contributed by atoms with Crippen LogP contribution in [-0.2, 0) is 6.18 Å². The standard InChI is InChI=1S/C10H6ClF3N4/c11-8-5-7(10(12,13)14)6-16-9(8)3-1-2-4-17-18-15/h5-6H,2,4H2. The fourth-order valence-corrected chi connectivity index (χ4v) is 1.20. The summed E-state index contributed by atoms with van der Waals surface area (Å²) in [4.78, 5) is 6.06. The van der Waals surface area contributed by atoms with Crippen LogP contribution in [0.5, 0.6) is 0 Å². The first kappa shape index (κ1) is 14.2. The quantitative estimate of drug-likeness (QED) is 0.266. The summed E-state index contributed by atoms with van der Waals surface area (Å²) in [5.41, 5.74) is 7.14. The van der Waals surface area contributed by atoms with E-state index in [0.717, 1.165) is 6.07 Å². The molecule has 0 radical (unpaired) electrons. The fourth-order valence-electron chi connectivity index (χ4n) is 0.982. The number of alkyl halides is 3. The van der Waals surface area contributed by atoms with E-state index in [4.69, 9.17) is 17.1 Å². The van der Waals surface area contributed by atoms with Gasteiger partial charge in [0.1, 0.15) is 5.69 Å². The molecule has 0 unspecified atom stereocenters. The summed E-state index contributed by atoms with van der Waals surface area (Å²) in [5, 5.41) is 3.08. The first-order valence-electron chi connectivity index (χ1n) is 4.67. The molecule has 1 aromatic heterocycles. The third-order valence-corrected chi connectivity index (χ3v) is 2.06. The Bertz CT molecular complexity index is 538. The highest BCUT2D eigenvalue weighted by molar-refractivity contribution is 6.31. The van der Waals surface area contributed by atoms with Gasteiger partial charge < -0.3 is 0 Å². The fraction of sp³-hybridized carbons (Fsp3) is 0.300. The first-order valence-corrected chi connectivity index (χ1v) is 5.05. The molecule has 18 heavy (non-hydrogen) atoms. The molecule has 4 nitrogen and oxygen atoms in total. The highest BCUT2D eigenvalue weighted by Crippen LogP contribution is 2.30. The van der Waals surface area contributed by atoms with Crippen molar-refractivity contribution in [1.29, 1.82) is 0 Å². The molecule has 0 fully saturated rings. The molecule has 0 bridgehead atoms.